The molecule has 14 atom stereocenters. The highest BCUT2D eigenvalue weighted by Gasteiger charge is 2.48. The number of ketones is 1. The van der Waals surface area contributed by atoms with E-state index >= 15 is 0 Å². The molecule has 2 rings (SSSR count). The van der Waals surface area contributed by atoms with Gasteiger partial charge in [-0.25, -0.2) is 0 Å². The minimum absolute atomic E-state index is 0. The summed E-state index contributed by atoms with van der Waals surface area (Å²) in [6.07, 6.45) is -24.7. The molecule has 18 heteroatoms. The van der Waals surface area contributed by atoms with Crippen molar-refractivity contribution in [2.75, 3.05) is 39.5 Å². The van der Waals surface area contributed by atoms with Crippen molar-refractivity contribution in [2.45, 2.75) is 106 Å². The Morgan fingerprint density at radius 1 is 0.762 bits per heavy atom. The van der Waals surface area contributed by atoms with Gasteiger partial charge in [-0.05, 0) is 13.1 Å². The SMILES string of the molecule is CCN(CC)CCC(=O)[C@H](O)[C@@H](O)[C@H](O)[C@H](O)CO[C@H]1O[C@H](CO[C@H]2O[C@H](CO)[C@@H](O)[C@H](O)[C@H]2O)[C@@H](O)[C@H](O)[C@H]1O.Cl. The van der Waals surface area contributed by atoms with Crippen LogP contribution in [-0.4, -0.2) is 192 Å². The Balaban J connectivity index is 0.00000882. The number of hydrogen-bond acceptors (Lipinski definition) is 17. The third kappa shape index (κ3) is 9.91. The van der Waals surface area contributed by atoms with Crippen LogP contribution in [0.25, 0.3) is 0 Å². The molecule has 2 saturated heterocycles. The van der Waals surface area contributed by atoms with Crippen molar-refractivity contribution < 1.29 is 79.9 Å². The second-order valence-electron chi connectivity index (χ2n) is 10.1. The Bertz CT molecular complexity index is 781. The summed E-state index contributed by atoms with van der Waals surface area (Å²) >= 11 is 0. The van der Waals surface area contributed by atoms with Crippen molar-refractivity contribution in [1.29, 1.82) is 0 Å². The molecule has 2 aliphatic rings. The molecule has 0 radical (unpaired) electrons. The predicted octanol–water partition coefficient (Wildman–Crippen LogP) is -6.21. The number of aliphatic hydroxyl groups excluding tert-OH is 11. The number of aliphatic hydroxyl groups is 11. The van der Waals surface area contributed by atoms with Gasteiger partial charge in [-0.3, -0.25) is 4.79 Å². The lowest BCUT2D eigenvalue weighted by molar-refractivity contribution is -0.333. The number of ether oxygens (including phenoxy) is 4. The van der Waals surface area contributed by atoms with Gasteiger partial charge in [0.15, 0.2) is 18.4 Å². The van der Waals surface area contributed by atoms with Gasteiger partial charge in [0.05, 0.1) is 19.8 Å². The molecule has 42 heavy (non-hydrogen) atoms. The number of rotatable bonds is 16. The number of carbonyl (C=O) groups excluding carboxylic acids is 1. The van der Waals surface area contributed by atoms with Gasteiger partial charge in [0.1, 0.15) is 73.2 Å². The Hall–Kier alpha value is -0.680. The highest BCUT2D eigenvalue weighted by atomic mass is 35.5. The fraction of sp³-hybridized carbons (Fsp3) is 0.958. The van der Waals surface area contributed by atoms with Crippen molar-refractivity contribution >= 4 is 18.2 Å². The largest absolute Gasteiger partial charge is 0.394 e. The lowest BCUT2D eigenvalue weighted by atomic mass is 9.98. The molecular weight excluding hydrogens is 594 g/mol. The Labute approximate surface area is 248 Å². The van der Waals surface area contributed by atoms with Crippen LogP contribution in [0.1, 0.15) is 20.3 Å². The molecule has 0 aromatic heterocycles. The maximum atomic E-state index is 12.2. The zero-order valence-electron chi connectivity index (χ0n) is 23.3. The van der Waals surface area contributed by atoms with Crippen molar-refractivity contribution in [3.8, 4) is 0 Å². The average Bonchev–Trinajstić information content (AvgIpc) is 2.97. The molecule has 2 heterocycles. The topological polar surface area (TPSA) is 280 Å². The molecule has 0 aromatic rings. The molecule has 11 N–H and O–H groups in total. The van der Waals surface area contributed by atoms with E-state index in [1.807, 2.05) is 18.7 Å². The zero-order chi connectivity index (χ0) is 31.0. The van der Waals surface area contributed by atoms with Crippen molar-refractivity contribution in [1.82, 2.24) is 4.90 Å². The summed E-state index contributed by atoms with van der Waals surface area (Å²) < 4.78 is 21.1. The molecule has 2 fully saturated rings. The van der Waals surface area contributed by atoms with Gasteiger partial charge < -0.3 is 80.0 Å². The summed E-state index contributed by atoms with van der Waals surface area (Å²) in [5.41, 5.74) is 0. The van der Waals surface area contributed by atoms with E-state index in [9.17, 15) is 61.0 Å². The second kappa shape index (κ2) is 18.3. The lowest BCUT2D eigenvalue weighted by Crippen LogP contribution is -2.62. The van der Waals surface area contributed by atoms with Gasteiger partial charge >= 0.3 is 0 Å². The van der Waals surface area contributed by atoms with E-state index in [4.69, 9.17) is 18.9 Å². The minimum atomic E-state index is -2.07. The maximum absolute atomic E-state index is 12.2. The Morgan fingerprint density at radius 2 is 1.26 bits per heavy atom. The van der Waals surface area contributed by atoms with E-state index < -0.39 is 111 Å². The molecule has 0 spiro atoms. The van der Waals surface area contributed by atoms with E-state index in [1.54, 1.807) is 0 Å². The van der Waals surface area contributed by atoms with Crippen molar-refractivity contribution in [3.05, 3.63) is 0 Å². The van der Waals surface area contributed by atoms with Crippen LogP contribution in [-0.2, 0) is 23.7 Å². The predicted molar refractivity (Wildman–Crippen MR) is 141 cm³/mol. The highest BCUT2D eigenvalue weighted by Crippen LogP contribution is 2.26. The number of hydrogen-bond donors (Lipinski definition) is 11. The Morgan fingerprint density at radius 3 is 1.79 bits per heavy atom. The van der Waals surface area contributed by atoms with Gasteiger partial charge in [0, 0.05) is 13.0 Å². The number of carbonyl (C=O) groups is 1. The van der Waals surface area contributed by atoms with Crippen LogP contribution in [0.5, 0.6) is 0 Å². The Kier molecular flexibility index (Phi) is 17.2. The van der Waals surface area contributed by atoms with Crippen LogP contribution < -0.4 is 0 Å². The van der Waals surface area contributed by atoms with Gasteiger partial charge in [-0.1, -0.05) is 13.8 Å². The van der Waals surface area contributed by atoms with Crippen molar-refractivity contribution in [3.63, 3.8) is 0 Å². The van der Waals surface area contributed by atoms with E-state index in [1.165, 1.54) is 0 Å². The molecular formula is C24H46ClNO16. The molecule has 0 aliphatic carbocycles. The minimum Gasteiger partial charge on any atom is -0.394 e. The van der Waals surface area contributed by atoms with Crippen LogP contribution in [0.15, 0.2) is 0 Å². The van der Waals surface area contributed by atoms with Crippen LogP contribution >= 0.6 is 12.4 Å². The molecule has 0 amide bonds. The molecule has 250 valence electrons. The standard InChI is InChI=1S/C24H45NO16.ClH/c1-3-25(4-2)6-5-10(27)14(29)18(33)15(30)11(28)8-38-23-22(37)20(35)17(32)13(41-23)9-39-24-21(36)19(34)16(31)12(7-26)40-24;/h11-24,26,28-37H,3-9H2,1-2H3;1H/t11-,12-,13-,14+,15-,16-,17-,18-,19+,20+,21-,22-,23+,24+;/m1./s1. The summed E-state index contributed by atoms with van der Waals surface area (Å²) in [6.45, 7) is 3.30. The first-order chi connectivity index (χ1) is 19.3. The van der Waals surface area contributed by atoms with Crippen molar-refractivity contribution in [2.24, 2.45) is 0 Å². The first-order valence-electron chi connectivity index (χ1n) is 13.5. The van der Waals surface area contributed by atoms with Crippen LogP contribution in [0, 0.1) is 0 Å². The zero-order valence-corrected chi connectivity index (χ0v) is 24.2. The van der Waals surface area contributed by atoms with Crippen LogP contribution in [0.3, 0.4) is 0 Å². The number of halogens is 1. The van der Waals surface area contributed by atoms with E-state index in [0.717, 1.165) is 0 Å². The summed E-state index contributed by atoms with van der Waals surface area (Å²) in [4.78, 5) is 14.1. The quantitative estimate of drug-likeness (QED) is 0.0749. The molecule has 0 bridgehead atoms. The van der Waals surface area contributed by atoms with E-state index in [2.05, 4.69) is 0 Å². The van der Waals surface area contributed by atoms with Gasteiger partial charge in [0.2, 0.25) is 0 Å². The van der Waals surface area contributed by atoms with Gasteiger partial charge in [-0.15, -0.1) is 12.4 Å². The van der Waals surface area contributed by atoms with E-state index in [-0.39, 0.29) is 18.8 Å². The molecule has 2 aliphatic heterocycles. The average molecular weight is 640 g/mol. The second-order valence-corrected chi connectivity index (χ2v) is 10.1. The van der Waals surface area contributed by atoms with Gasteiger partial charge in [-0.2, -0.15) is 0 Å². The first-order valence-corrected chi connectivity index (χ1v) is 13.5. The summed E-state index contributed by atoms with van der Waals surface area (Å²) in [7, 11) is 0. The fourth-order valence-corrected chi connectivity index (χ4v) is 4.44. The van der Waals surface area contributed by atoms with Gasteiger partial charge in [0.25, 0.3) is 0 Å². The molecule has 0 aromatic carbocycles. The summed E-state index contributed by atoms with van der Waals surface area (Å²) in [5, 5.41) is 111. The highest BCUT2D eigenvalue weighted by molar-refractivity contribution is 5.85. The molecule has 0 saturated carbocycles. The number of Topliss-reactive ketones (excluding diaryl/α,β-unsaturated/α-hetero) is 1. The number of nitrogens with zero attached hydrogens (tertiary/aromatic N) is 1. The maximum Gasteiger partial charge on any atom is 0.186 e. The third-order valence-electron chi connectivity index (χ3n) is 7.34. The van der Waals surface area contributed by atoms with Crippen LogP contribution in [0.4, 0.5) is 0 Å². The summed E-state index contributed by atoms with van der Waals surface area (Å²) in [6, 6.07) is 0. The smallest absolute Gasteiger partial charge is 0.186 e. The first kappa shape index (κ1) is 39.3. The molecule has 17 nitrogen and oxygen atoms in total. The third-order valence-corrected chi connectivity index (χ3v) is 7.34. The lowest BCUT2D eigenvalue weighted by Gasteiger charge is -2.42. The monoisotopic (exact) mass is 639 g/mol. The van der Waals surface area contributed by atoms with E-state index in [0.29, 0.717) is 19.6 Å². The molecule has 0 unspecified atom stereocenters. The normalized spacial score (nSPS) is 36.6. The fourth-order valence-electron chi connectivity index (χ4n) is 4.44. The van der Waals surface area contributed by atoms with Crippen LogP contribution in [0.2, 0.25) is 0 Å². The summed E-state index contributed by atoms with van der Waals surface area (Å²) in [5.74, 6) is -0.748.